The van der Waals surface area contributed by atoms with Crippen LogP contribution in [0.1, 0.15) is 125 Å². The average molecular weight is 513 g/mol. The molecule has 0 spiro atoms. The fourth-order valence-corrected chi connectivity index (χ4v) is 4.49. The first-order valence-corrected chi connectivity index (χ1v) is 14.0. The summed E-state index contributed by atoms with van der Waals surface area (Å²) in [6, 6.07) is 16.0. The summed E-state index contributed by atoms with van der Waals surface area (Å²) >= 11 is 0. The van der Waals surface area contributed by atoms with Gasteiger partial charge in [-0.05, 0) is 83.0 Å². The number of benzene rings is 3. The number of phenols is 2. The van der Waals surface area contributed by atoms with Gasteiger partial charge < -0.3 is 10.2 Å². The lowest BCUT2D eigenvalue weighted by Crippen LogP contribution is -1.99. The summed E-state index contributed by atoms with van der Waals surface area (Å²) in [6.07, 6.45) is 5.53. The molecule has 2 atom stereocenters. The van der Waals surface area contributed by atoms with E-state index in [1.807, 2.05) is 36.4 Å². The largest absolute Gasteiger partial charge is 0.507 e. The molecular weight excluding hydrogens is 468 g/mol. The van der Waals surface area contributed by atoms with Gasteiger partial charge in [0.25, 0.3) is 0 Å². The summed E-state index contributed by atoms with van der Waals surface area (Å²) in [6.45, 7) is 17.1. The van der Waals surface area contributed by atoms with Gasteiger partial charge in [-0.3, -0.25) is 9.98 Å². The van der Waals surface area contributed by atoms with Crippen molar-refractivity contribution in [3.05, 3.63) is 81.9 Å². The molecule has 0 fully saturated rings. The molecule has 0 aliphatic heterocycles. The van der Waals surface area contributed by atoms with E-state index in [0.717, 1.165) is 24.0 Å². The van der Waals surface area contributed by atoms with Crippen molar-refractivity contribution in [2.75, 3.05) is 0 Å². The second kappa shape index (κ2) is 12.9. The first-order chi connectivity index (χ1) is 18.1. The molecule has 0 amide bonds. The van der Waals surface area contributed by atoms with Gasteiger partial charge in [0.15, 0.2) is 0 Å². The SMILES string of the molecule is CCC(C)c1cc(C=Nc2ccccc2N=Cc2cc(C(C)CC)cc(C(C)C)c2O)c(O)c(C(C)C)c1. The van der Waals surface area contributed by atoms with Crippen molar-refractivity contribution in [3.63, 3.8) is 0 Å². The van der Waals surface area contributed by atoms with Crippen LogP contribution >= 0.6 is 0 Å². The molecule has 2 unspecified atom stereocenters. The predicted molar refractivity (Wildman–Crippen MR) is 163 cm³/mol. The molecule has 4 heteroatoms. The Morgan fingerprint density at radius 3 is 1.32 bits per heavy atom. The van der Waals surface area contributed by atoms with E-state index >= 15 is 0 Å². The highest BCUT2D eigenvalue weighted by molar-refractivity contribution is 5.90. The number of aromatic hydroxyl groups is 2. The minimum absolute atomic E-state index is 0.206. The van der Waals surface area contributed by atoms with Crippen molar-refractivity contribution in [1.29, 1.82) is 0 Å². The number of phenolic OH excluding ortho intramolecular Hbond substituents is 2. The fraction of sp³-hybridized carbons (Fsp3) is 0.412. The third-order valence-electron chi connectivity index (χ3n) is 7.56. The average Bonchev–Trinajstić information content (AvgIpc) is 2.91. The molecule has 0 aromatic heterocycles. The van der Waals surface area contributed by atoms with E-state index < -0.39 is 0 Å². The zero-order valence-corrected chi connectivity index (χ0v) is 24.3. The van der Waals surface area contributed by atoms with Crippen molar-refractivity contribution < 1.29 is 10.2 Å². The van der Waals surface area contributed by atoms with Crippen LogP contribution in [0.25, 0.3) is 0 Å². The number of hydrogen-bond acceptors (Lipinski definition) is 4. The highest BCUT2D eigenvalue weighted by atomic mass is 16.3. The highest BCUT2D eigenvalue weighted by Crippen LogP contribution is 2.36. The van der Waals surface area contributed by atoms with Crippen LogP contribution in [0.4, 0.5) is 11.4 Å². The van der Waals surface area contributed by atoms with Crippen molar-refractivity contribution in [3.8, 4) is 11.5 Å². The normalized spacial score (nSPS) is 13.7. The Bertz CT molecular complexity index is 1200. The molecule has 0 aliphatic rings. The lowest BCUT2D eigenvalue weighted by Gasteiger charge is -2.17. The van der Waals surface area contributed by atoms with Crippen molar-refractivity contribution in [2.24, 2.45) is 9.98 Å². The summed E-state index contributed by atoms with van der Waals surface area (Å²) < 4.78 is 0. The molecule has 3 rings (SSSR count). The third-order valence-corrected chi connectivity index (χ3v) is 7.56. The molecule has 0 bridgehead atoms. The number of para-hydroxylation sites is 2. The van der Waals surface area contributed by atoms with Crippen LogP contribution in [-0.2, 0) is 0 Å². The van der Waals surface area contributed by atoms with Crippen LogP contribution in [0.3, 0.4) is 0 Å². The highest BCUT2D eigenvalue weighted by Gasteiger charge is 2.16. The van der Waals surface area contributed by atoms with Gasteiger partial charge >= 0.3 is 0 Å². The second-order valence-electron chi connectivity index (χ2n) is 11.0. The number of aliphatic imine (C=N–C) groups is 2. The van der Waals surface area contributed by atoms with Gasteiger partial charge in [-0.25, -0.2) is 0 Å². The molecular formula is C34H44N2O2. The van der Waals surface area contributed by atoms with Gasteiger partial charge in [-0.15, -0.1) is 0 Å². The zero-order chi connectivity index (χ0) is 28.0. The fourth-order valence-electron chi connectivity index (χ4n) is 4.49. The van der Waals surface area contributed by atoms with Crippen LogP contribution in [0.5, 0.6) is 11.5 Å². The standard InChI is InChI=1S/C34H44N2O2/c1-9-23(7)25-15-27(33(37)29(17-25)21(3)4)19-35-31-13-11-12-14-32(31)36-20-28-16-26(24(8)10-2)18-30(22(5)6)34(28)38/h11-24,37-38H,9-10H2,1-8H3. The lowest BCUT2D eigenvalue weighted by atomic mass is 9.90. The Hall–Kier alpha value is -3.40. The zero-order valence-electron chi connectivity index (χ0n) is 24.3. The topological polar surface area (TPSA) is 65.2 Å². The Labute approximate surface area is 229 Å². The predicted octanol–water partition coefficient (Wildman–Crippen LogP) is 9.87. The van der Waals surface area contributed by atoms with Gasteiger partial charge in [0, 0.05) is 23.6 Å². The molecule has 202 valence electrons. The maximum absolute atomic E-state index is 11.0. The van der Waals surface area contributed by atoms with E-state index in [1.54, 1.807) is 12.4 Å². The minimum Gasteiger partial charge on any atom is -0.507 e. The Balaban J connectivity index is 2.02. The molecule has 3 aromatic carbocycles. The van der Waals surface area contributed by atoms with Gasteiger partial charge in [0.05, 0.1) is 11.4 Å². The first-order valence-electron chi connectivity index (χ1n) is 14.0. The van der Waals surface area contributed by atoms with Crippen molar-refractivity contribution in [1.82, 2.24) is 0 Å². The number of rotatable bonds is 10. The quantitative estimate of drug-likeness (QED) is 0.265. The molecule has 2 N–H and O–H groups in total. The van der Waals surface area contributed by atoms with Gasteiger partial charge in [-0.2, -0.15) is 0 Å². The minimum atomic E-state index is 0.206. The molecule has 0 saturated carbocycles. The van der Waals surface area contributed by atoms with E-state index in [4.69, 9.17) is 9.98 Å². The summed E-state index contributed by atoms with van der Waals surface area (Å²) in [4.78, 5) is 9.48. The Kier molecular flexibility index (Phi) is 9.90. The summed E-state index contributed by atoms with van der Waals surface area (Å²) in [5.74, 6) is 1.77. The van der Waals surface area contributed by atoms with Gasteiger partial charge in [0.1, 0.15) is 11.5 Å². The lowest BCUT2D eigenvalue weighted by molar-refractivity contribution is 0.462. The molecule has 38 heavy (non-hydrogen) atoms. The Morgan fingerprint density at radius 2 is 1.00 bits per heavy atom. The van der Waals surface area contributed by atoms with E-state index in [2.05, 4.69) is 67.5 Å². The van der Waals surface area contributed by atoms with Crippen LogP contribution in [0, 0.1) is 0 Å². The van der Waals surface area contributed by atoms with E-state index in [-0.39, 0.29) is 23.3 Å². The van der Waals surface area contributed by atoms with Crippen molar-refractivity contribution in [2.45, 2.75) is 91.9 Å². The summed E-state index contributed by atoms with van der Waals surface area (Å²) in [7, 11) is 0. The summed E-state index contributed by atoms with van der Waals surface area (Å²) in [5.41, 5.74) is 7.12. The smallest absolute Gasteiger partial charge is 0.127 e. The first kappa shape index (κ1) is 29.2. The van der Waals surface area contributed by atoms with E-state index in [0.29, 0.717) is 34.3 Å². The van der Waals surface area contributed by atoms with Crippen LogP contribution in [-0.4, -0.2) is 22.6 Å². The Morgan fingerprint density at radius 1 is 0.632 bits per heavy atom. The maximum Gasteiger partial charge on any atom is 0.127 e. The molecule has 0 saturated heterocycles. The van der Waals surface area contributed by atoms with Gasteiger partial charge in [0.2, 0.25) is 0 Å². The molecule has 0 aliphatic carbocycles. The van der Waals surface area contributed by atoms with Crippen LogP contribution in [0.2, 0.25) is 0 Å². The molecule has 0 radical (unpaired) electrons. The van der Waals surface area contributed by atoms with E-state index in [1.165, 1.54) is 11.1 Å². The molecule has 4 nitrogen and oxygen atoms in total. The van der Waals surface area contributed by atoms with Crippen LogP contribution in [0.15, 0.2) is 58.5 Å². The third kappa shape index (κ3) is 6.72. The number of nitrogens with zero attached hydrogens (tertiary/aromatic N) is 2. The van der Waals surface area contributed by atoms with Crippen LogP contribution < -0.4 is 0 Å². The summed E-state index contributed by atoms with van der Waals surface area (Å²) in [5, 5.41) is 22.0. The maximum atomic E-state index is 11.0. The van der Waals surface area contributed by atoms with Crippen molar-refractivity contribution >= 4 is 23.8 Å². The number of hydrogen-bond donors (Lipinski definition) is 2. The molecule has 3 aromatic rings. The second-order valence-corrected chi connectivity index (χ2v) is 11.0. The monoisotopic (exact) mass is 512 g/mol. The van der Waals surface area contributed by atoms with Gasteiger partial charge in [-0.1, -0.05) is 79.7 Å². The molecule has 0 heterocycles. The van der Waals surface area contributed by atoms with E-state index in [9.17, 15) is 10.2 Å².